The van der Waals surface area contributed by atoms with Crippen LogP contribution >= 0.6 is 12.2 Å². The van der Waals surface area contributed by atoms with Gasteiger partial charge in [0.2, 0.25) is 0 Å². The second-order valence-corrected chi connectivity index (χ2v) is 5.35. The lowest BCUT2D eigenvalue weighted by Gasteiger charge is -2.35. The number of piperazine rings is 1. The van der Waals surface area contributed by atoms with Crippen LogP contribution in [-0.4, -0.2) is 41.6 Å². The van der Waals surface area contributed by atoms with Gasteiger partial charge in [-0.2, -0.15) is 0 Å². The molecule has 1 heterocycles. The monoisotopic (exact) mass is 277 g/mol. The van der Waals surface area contributed by atoms with Crippen molar-refractivity contribution in [1.82, 2.24) is 10.2 Å². The third-order valence-corrected chi connectivity index (χ3v) is 3.34. The first kappa shape index (κ1) is 13.8. The summed E-state index contributed by atoms with van der Waals surface area (Å²) in [4.78, 5) is 17.0. The minimum atomic E-state index is 0.0186. The molecule has 4 nitrogen and oxygen atoms in total. The van der Waals surface area contributed by atoms with Gasteiger partial charge in [-0.25, -0.2) is 4.79 Å². The third kappa shape index (κ3) is 3.23. The fourth-order valence-corrected chi connectivity index (χ4v) is 2.43. The lowest BCUT2D eigenvalue weighted by atomic mass is 10.2. The molecule has 5 heteroatoms. The molecule has 1 saturated heterocycles. The van der Waals surface area contributed by atoms with Gasteiger partial charge in [-0.05, 0) is 26.0 Å². The van der Waals surface area contributed by atoms with E-state index in [0.29, 0.717) is 13.1 Å². The zero-order valence-corrected chi connectivity index (χ0v) is 12.1. The molecule has 1 aromatic rings. The molecule has 1 aromatic carbocycles. The van der Waals surface area contributed by atoms with Gasteiger partial charge in [0, 0.05) is 24.8 Å². The first-order chi connectivity index (χ1) is 9.09. The molecule has 19 heavy (non-hydrogen) atoms. The van der Waals surface area contributed by atoms with Gasteiger partial charge in [0.1, 0.15) is 0 Å². The van der Waals surface area contributed by atoms with Gasteiger partial charge in [-0.3, -0.25) is 4.90 Å². The van der Waals surface area contributed by atoms with Crippen molar-refractivity contribution in [2.24, 2.45) is 0 Å². The second kappa shape index (κ2) is 6.02. The van der Waals surface area contributed by atoms with E-state index in [0.717, 1.165) is 17.2 Å². The molecule has 1 aliphatic heterocycles. The van der Waals surface area contributed by atoms with Crippen LogP contribution < -0.4 is 10.2 Å². The molecule has 0 bridgehead atoms. The highest BCUT2D eigenvalue weighted by Gasteiger charge is 2.26. The quantitative estimate of drug-likeness (QED) is 0.842. The molecule has 102 valence electrons. The van der Waals surface area contributed by atoms with Crippen molar-refractivity contribution in [3.63, 3.8) is 0 Å². The van der Waals surface area contributed by atoms with E-state index < -0.39 is 0 Å². The molecule has 0 radical (unpaired) electrons. The molecule has 1 N–H and O–H groups in total. The molecule has 0 saturated carbocycles. The van der Waals surface area contributed by atoms with Gasteiger partial charge in [0.15, 0.2) is 0 Å². The summed E-state index contributed by atoms with van der Waals surface area (Å²) >= 11 is 5.15. The predicted molar refractivity (Wildman–Crippen MR) is 81.6 cm³/mol. The molecular formula is C14H19N3OS. The van der Waals surface area contributed by atoms with Gasteiger partial charge in [-0.15, -0.1) is 0 Å². The molecule has 1 aliphatic rings. The summed E-state index contributed by atoms with van der Waals surface area (Å²) in [5, 5.41) is 3.09. The Kier molecular flexibility index (Phi) is 4.37. The highest BCUT2D eigenvalue weighted by molar-refractivity contribution is 7.80. The molecule has 2 rings (SSSR count). The van der Waals surface area contributed by atoms with E-state index in [1.807, 2.05) is 49.1 Å². The average molecular weight is 277 g/mol. The molecule has 2 amide bonds. The van der Waals surface area contributed by atoms with Crippen molar-refractivity contribution in [2.75, 3.05) is 24.5 Å². The van der Waals surface area contributed by atoms with Crippen LogP contribution in [0.4, 0.5) is 10.5 Å². The lowest BCUT2D eigenvalue weighted by molar-refractivity contribution is 0.208. The standard InChI is InChI=1S/C14H19N3OS/c1-11(2)17(12-6-4-3-5-7-12)14(18)16-9-8-15-13(19)10-16/h3-7,11H,8-10H2,1-2H3,(H,15,19). The van der Waals surface area contributed by atoms with E-state index in [1.54, 1.807) is 4.90 Å². The Morgan fingerprint density at radius 2 is 2.05 bits per heavy atom. The summed E-state index contributed by atoms with van der Waals surface area (Å²) in [5.41, 5.74) is 0.923. The number of carbonyl (C=O) groups is 1. The Morgan fingerprint density at radius 3 is 2.63 bits per heavy atom. The molecular weight excluding hydrogens is 258 g/mol. The van der Waals surface area contributed by atoms with Crippen LogP contribution in [0.2, 0.25) is 0 Å². The Hall–Kier alpha value is -1.62. The van der Waals surface area contributed by atoms with E-state index in [2.05, 4.69) is 5.32 Å². The van der Waals surface area contributed by atoms with Gasteiger partial charge in [0.05, 0.1) is 11.5 Å². The lowest BCUT2D eigenvalue weighted by Crippen LogP contribution is -2.55. The fraction of sp³-hybridized carbons (Fsp3) is 0.429. The van der Waals surface area contributed by atoms with Gasteiger partial charge in [0.25, 0.3) is 0 Å². The van der Waals surface area contributed by atoms with Crippen molar-refractivity contribution in [3.05, 3.63) is 30.3 Å². The number of anilines is 1. The Labute approximate surface area is 119 Å². The first-order valence-electron chi connectivity index (χ1n) is 6.49. The minimum absolute atomic E-state index is 0.0186. The van der Waals surface area contributed by atoms with Crippen LogP contribution in [-0.2, 0) is 0 Å². The smallest absolute Gasteiger partial charge is 0.325 e. The Bertz CT molecular complexity index is 461. The van der Waals surface area contributed by atoms with Crippen LogP contribution in [0, 0.1) is 0 Å². The zero-order valence-electron chi connectivity index (χ0n) is 11.3. The van der Waals surface area contributed by atoms with Crippen LogP contribution in [0.25, 0.3) is 0 Å². The average Bonchev–Trinajstić information content (AvgIpc) is 2.39. The van der Waals surface area contributed by atoms with Gasteiger partial charge >= 0.3 is 6.03 Å². The van der Waals surface area contributed by atoms with Gasteiger partial charge < -0.3 is 10.2 Å². The van der Waals surface area contributed by atoms with Crippen molar-refractivity contribution < 1.29 is 4.79 Å². The van der Waals surface area contributed by atoms with E-state index in [1.165, 1.54) is 0 Å². The number of para-hydroxylation sites is 1. The number of nitrogens with one attached hydrogen (secondary N) is 1. The van der Waals surface area contributed by atoms with E-state index in [-0.39, 0.29) is 12.1 Å². The van der Waals surface area contributed by atoms with Crippen LogP contribution in [0.15, 0.2) is 30.3 Å². The number of urea groups is 1. The maximum absolute atomic E-state index is 12.7. The SMILES string of the molecule is CC(C)N(C(=O)N1CCNC(=S)C1)c1ccccc1. The number of hydrogen-bond donors (Lipinski definition) is 1. The number of thiocarbonyl (C=S) groups is 1. The highest BCUT2D eigenvalue weighted by atomic mass is 32.1. The summed E-state index contributed by atoms with van der Waals surface area (Å²) in [7, 11) is 0. The molecule has 0 atom stereocenters. The normalized spacial score (nSPS) is 15.3. The fourth-order valence-electron chi connectivity index (χ4n) is 2.17. The Morgan fingerprint density at radius 1 is 1.37 bits per heavy atom. The number of carbonyl (C=O) groups excluding carboxylic acids is 1. The third-order valence-electron chi connectivity index (χ3n) is 3.07. The van der Waals surface area contributed by atoms with Crippen LogP contribution in [0.5, 0.6) is 0 Å². The molecule has 1 fully saturated rings. The molecule has 0 aromatic heterocycles. The van der Waals surface area contributed by atoms with Crippen LogP contribution in [0.1, 0.15) is 13.8 Å². The molecule has 0 spiro atoms. The largest absolute Gasteiger partial charge is 0.376 e. The number of nitrogens with zero attached hydrogens (tertiary/aromatic N) is 2. The number of rotatable bonds is 2. The van der Waals surface area contributed by atoms with Crippen molar-refractivity contribution >= 4 is 28.9 Å². The van der Waals surface area contributed by atoms with Crippen molar-refractivity contribution in [1.29, 1.82) is 0 Å². The maximum Gasteiger partial charge on any atom is 0.325 e. The number of amides is 2. The zero-order chi connectivity index (χ0) is 13.8. The number of hydrogen-bond acceptors (Lipinski definition) is 2. The highest BCUT2D eigenvalue weighted by Crippen LogP contribution is 2.18. The van der Waals surface area contributed by atoms with E-state index in [9.17, 15) is 4.79 Å². The summed E-state index contributed by atoms with van der Waals surface area (Å²) in [6.45, 7) is 5.96. The maximum atomic E-state index is 12.7. The summed E-state index contributed by atoms with van der Waals surface area (Å²) in [5.74, 6) is 0. The second-order valence-electron chi connectivity index (χ2n) is 4.85. The van der Waals surface area contributed by atoms with Crippen molar-refractivity contribution in [2.45, 2.75) is 19.9 Å². The first-order valence-corrected chi connectivity index (χ1v) is 6.90. The summed E-state index contributed by atoms with van der Waals surface area (Å²) in [6.07, 6.45) is 0. The Balaban J connectivity index is 2.20. The predicted octanol–water partition coefficient (Wildman–Crippen LogP) is 2.25. The summed E-state index contributed by atoms with van der Waals surface area (Å²) < 4.78 is 0. The molecule has 0 aliphatic carbocycles. The van der Waals surface area contributed by atoms with Gasteiger partial charge in [-0.1, -0.05) is 30.4 Å². The van der Waals surface area contributed by atoms with Crippen molar-refractivity contribution in [3.8, 4) is 0 Å². The van der Waals surface area contributed by atoms with E-state index >= 15 is 0 Å². The van der Waals surface area contributed by atoms with Crippen LogP contribution in [0.3, 0.4) is 0 Å². The number of benzene rings is 1. The molecule has 0 unspecified atom stereocenters. The minimum Gasteiger partial charge on any atom is -0.376 e. The van der Waals surface area contributed by atoms with E-state index in [4.69, 9.17) is 12.2 Å². The summed E-state index contributed by atoms with van der Waals surface area (Å²) in [6, 6.07) is 9.88. The topological polar surface area (TPSA) is 35.6 Å².